The van der Waals surface area contributed by atoms with E-state index < -0.39 is 0 Å². The summed E-state index contributed by atoms with van der Waals surface area (Å²) in [6.45, 7) is 0.929. The highest BCUT2D eigenvalue weighted by atomic mass is 32.1. The number of hydrogen-bond donors (Lipinski definition) is 1. The smallest absolute Gasteiger partial charge is 0.0966 e. The van der Waals surface area contributed by atoms with Gasteiger partial charge < -0.3 is 5.32 Å². The number of benzene rings is 1. The van der Waals surface area contributed by atoms with E-state index >= 15 is 0 Å². The summed E-state index contributed by atoms with van der Waals surface area (Å²) in [5, 5.41) is 5.01. The summed E-state index contributed by atoms with van der Waals surface area (Å²) in [5.41, 5.74) is 2.59. The van der Waals surface area contributed by atoms with E-state index in [2.05, 4.69) is 35.6 Å². The molecule has 0 atom stereocenters. The van der Waals surface area contributed by atoms with Crippen molar-refractivity contribution >= 4 is 11.3 Å². The van der Waals surface area contributed by atoms with Gasteiger partial charge in [0.1, 0.15) is 0 Å². The minimum atomic E-state index is 0.715. The Bertz CT molecular complexity index is 595. The fourth-order valence-electron chi connectivity index (χ4n) is 3.18. The monoisotopic (exact) mass is 298 g/mol. The molecule has 0 saturated heterocycles. The van der Waals surface area contributed by atoms with Crippen molar-refractivity contribution in [2.24, 2.45) is 0 Å². The Morgan fingerprint density at radius 2 is 1.81 bits per heavy atom. The van der Waals surface area contributed by atoms with Gasteiger partial charge in [-0.2, -0.15) is 0 Å². The molecule has 1 aromatic heterocycles. The van der Waals surface area contributed by atoms with Crippen LogP contribution in [-0.2, 0) is 6.54 Å². The van der Waals surface area contributed by atoms with Crippen LogP contribution in [0.25, 0.3) is 10.4 Å². The summed E-state index contributed by atoms with van der Waals surface area (Å²) in [5.74, 6) is 0.715. The Hall–Kier alpha value is -1.19. The summed E-state index contributed by atoms with van der Waals surface area (Å²) in [4.78, 5) is 6.40. The first-order chi connectivity index (χ1) is 10.4. The maximum absolute atomic E-state index is 5.02. The van der Waals surface area contributed by atoms with Gasteiger partial charge in [0.15, 0.2) is 0 Å². The Morgan fingerprint density at radius 1 is 1.05 bits per heavy atom. The molecule has 1 N–H and O–H groups in total. The van der Waals surface area contributed by atoms with Crippen molar-refractivity contribution in [3.05, 3.63) is 41.0 Å². The van der Waals surface area contributed by atoms with Gasteiger partial charge >= 0.3 is 0 Å². The van der Waals surface area contributed by atoms with Crippen LogP contribution < -0.4 is 5.32 Å². The molecule has 2 aliphatic rings. The van der Waals surface area contributed by atoms with Gasteiger partial charge in [-0.3, -0.25) is 0 Å². The second kappa shape index (κ2) is 5.90. The first-order valence-electron chi connectivity index (χ1n) is 8.18. The number of nitrogens with zero attached hydrogens (tertiary/aromatic N) is 1. The first kappa shape index (κ1) is 13.5. The van der Waals surface area contributed by atoms with E-state index in [1.165, 1.54) is 59.7 Å². The van der Waals surface area contributed by atoms with E-state index in [1.807, 2.05) is 11.3 Å². The zero-order valence-electron chi connectivity index (χ0n) is 12.3. The van der Waals surface area contributed by atoms with Crippen LogP contribution >= 0.6 is 11.3 Å². The van der Waals surface area contributed by atoms with Crippen molar-refractivity contribution in [3.63, 3.8) is 0 Å². The third kappa shape index (κ3) is 3.04. The molecule has 110 valence electrons. The van der Waals surface area contributed by atoms with Crippen molar-refractivity contribution in [2.45, 2.75) is 57.0 Å². The first-order valence-corrected chi connectivity index (χ1v) is 9.00. The van der Waals surface area contributed by atoms with Gasteiger partial charge in [0.05, 0.1) is 15.6 Å². The minimum absolute atomic E-state index is 0.715. The molecular weight excluding hydrogens is 276 g/mol. The molecule has 1 heterocycles. The molecule has 0 spiro atoms. The summed E-state index contributed by atoms with van der Waals surface area (Å²) in [6, 6.07) is 11.5. The standard InChI is InChI=1S/C18H22N2S/c1-2-6-13(7-3-1)17-16(12-19-15-10-11-15)20-18(21-17)14-8-4-5-9-14/h1-3,6-7,14-15,19H,4-5,8-12H2. The largest absolute Gasteiger partial charge is 0.308 e. The van der Waals surface area contributed by atoms with Crippen LogP contribution in [0.15, 0.2) is 30.3 Å². The predicted molar refractivity (Wildman–Crippen MR) is 88.6 cm³/mol. The number of rotatable bonds is 5. The maximum Gasteiger partial charge on any atom is 0.0966 e. The molecule has 2 nitrogen and oxygen atoms in total. The highest BCUT2D eigenvalue weighted by molar-refractivity contribution is 7.15. The number of nitrogens with one attached hydrogen (secondary N) is 1. The zero-order valence-corrected chi connectivity index (χ0v) is 13.2. The molecule has 0 radical (unpaired) electrons. The van der Waals surface area contributed by atoms with E-state index in [0.29, 0.717) is 5.92 Å². The lowest BCUT2D eigenvalue weighted by Crippen LogP contribution is -2.16. The Labute approximate surface area is 130 Å². The fourth-order valence-corrected chi connectivity index (χ4v) is 4.44. The Kier molecular flexibility index (Phi) is 3.78. The van der Waals surface area contributed by atoms with Gasteiger partial charge in [-0.25, -0.2) is 4.98 Å². The highest BCUT2D eigenvalue weighted by Crippen LogP contribution is 2.40. The van der Waals surface area contributed by atoms with Gasteiger partial charge in [0.2, 0.25) is 0 Å². The average Bonchev–Trinajstić information content (AvgIpc) is 3.03. The predicted octanol–water partition coefficient (Wildman–Crippen LogP) is 4.72. The topological polar surface area (TPSA) is 24.9 Å². The van der Waals surface area contributed by atoms with Crippen LogP contribution in [0.4, 0.5) is 0 Å². The van der Waals surface area contributed by atoms with Crippen molar-refractivity contribution in [1.82, 2.24) is 10.3 Å². The zero-order chi connectivity index (χ0) is 14.1. The molecule has 21 heavy (non-hydrogen) atoms. The van der Waals surface area contributed by atoms with Crippen LogP contribution in [0.1, 0.15) is 55.1 Å². The molecule has 0 aliphatic heterocycles. The maximum atomic E-state index is 5.02. The van der Waals surface area contributed by atoms with Crippen molar-refractivity contribution in [1.29, 1.82) is 0 Å². The minimum Gasteiger partial charge on any atom is -0.308 e. The second-order valence-corrected chi connectivity index (χ2v) is 7.36. The Balaban J connectivity index is 1.64. The summed E-state index contributed by atoms with van der Waals surface area (Å²) < 4.78 is 0. The van der Waals surface area contributed by atoms with Gasteiger partial charge in [-0.05, 0) is 31.2 Å². The molecule has 3 heteroatoms. The second-order valence-electron chi connectivity index (χ2n) is 6.33. The van der Waals surface area contributed by atoms with Crippen LogP contribution in [0.3, 0.4) is 0 Å². The molecule has 0 bridgehead atoms. The van der Waals surface area contributed by atoms with Gasteiger partial charge in [0.25, 0.3) is 0 Å². The quantitative estimate of drug-likeness (QED) is 0.864. The van der Waals surface area contributed by atoms with E-state index in [1.54, 1.807) is 0 Å². The lowest BCUT2D eigenvalue weighted by molar-refractivity contribution is 0.665. The molecule has 2 saturated carbocycles. The summed E-state index contributed by atoms with van der Waals surface area (Å²) in [6.07, 6.45) is 8.08. The molecular formula is C18H22N2S. The molecule has 4 rings (SSSR count). The number of hydrogen-bond acceptors (Lipinski definition) is 3. The third-order valence-electron chi connectivity index (χ3n) is 4.59. The average molecular weight is 298 g/mol. The lowest BCUT2D eigenvalue weighted by Gasteiger charge is -2.03. The van der Waals surface area contributed by atoms with Gasteiger partial charge in [-0.15, -0.1) is 11.3 Å². The molecule has 0 unspecified atom stereocenters. The van der Waals surface area contributed by atoms with Gasteiger partial charge in [-0.1, -0.05) is 43.2 Å². The van der Waals surface area contributed by atoms with E-state index in [0.717, 1.165) is 12.6 Å². The molecule has 0 amide bonds. The third-order valence-corrected chi connectivity index (χ3v) is 5.90. The van der Waals surface area contributed by atoms with Crippen molar-refractivity contribution in [3.8, 4) is 10.4 Å². The number of thiazole rings is 1. The van der Waals surface area contributed by atoms with Crippen LogP contribution in [0.2, 0.25) is 0 Å². The van der Waals surface area contributed by atoms with E-state index in [4.69, 9.17) is 4.98 Å². The normalized spacial score (nSPS) is 19.2. The molecule has 2 fully saturated rings. The van der Waals surface area contributed by atoms with Gasteiger partial charge in [0, 0.05) is 18.5 Å². The van der Waals surface area contributed by atoms with E-state index in [9.17, 15) is 0 Å². The Morgan fingerprint density at radius 3 is 2.52 bits per heavy atom. The van der Waals surface area contributed by atoms with E-state index in [-0.39, 0.29) is 0 Å². The number of aromatic nitrogens is 1. The SMILES string of the molecule is c1ccc(-c2sc(C3CCCC3)nc2CNC2CC2)cc1. The van der Waals surface area contributed by atoms with Crippen LogP contribution in [0, 0.1) is 0 Å². The molecule has 2 aliphatic carbocycles. The summed E-state index contributed by atoms with van der Waals surface area (Å²) in [7, 11) is 0. The van der Waals surface area contributed by atoms with Crippen LogP contribution in [0.5, 0.6) is 0 Å². The lowest BCUT2D eigenvalue weighted by atomic mass is 10.1. The van der Waals surface area contributed by atoms with Crippen molar-refractivity contribution in [2.75, 3.05) is 0 Å². The highest BCUT2D eigenvalue weighted by Gasteiger charge is 2.25. The molecule has 1 aromatic carbocycles. The van der Waals surface area contributed by atoms with Crippen molar-refractivity contribution < 1.29 is 0 Å². The summed E-state index contributed by atoms with van der Waals surface area (Å²) >= 11 is 1.93. The van der Waals surface area contributed by atoms with Crippen LogP contribution in [-0.4, -0.2) is 11.0 Å². The fraction of sp³-hybridized carbons (Fsp3) is 0.500. The molecule has 2 aromatic rings.